The molecule has 0 aliphatic carbocycles. The summed E-state index contributed by atoms with van der Waals surface area (Å²) in [5.41, 5.74) is 1.40. The number of imidazole rings is 1. The smallest absolute Gasteiger partial charge is 0.108 e. The van der Waals surface area contributed by atoms with E-state index >= 15 is 0 Å². The number of fused-ring (bicyclic) bond motifs is 1. The quantitative estimate of drug-likeness (QED) is 0.621. The molecule has 2 rings (SSSR count). The van der Waals surface area contributed by atoms with E-state index < -0.39 is 0 Å². The fourth-order valence-corrected chi connectivity index (χ4v) is 1.94. The van der Waals surface area contributed by atoms with Crippen molar-refractivity contribution in [2.45, 2.75) is 39.7 Å². The fourth-order valence-electron chi connectivity index (χ4n) is 1.94. The molecule has 1 aromatic heterocycles. The topological polar surface area (TPSA) is 17.8 Å². The molecule has 1 atom stereocenters. The van der Waals surface area contributed by atoms with Crippen LogP contribution in [0, 0.1) is 5.92 Å². The van der Waals surface area contributed by atoms with Crippen molar-refractivity contribution in [2.24, 2.45) is 5.92 Å². The number of hydrogen-bond acceptors (Lipinski definition) is 1. The van der Waals surface area contributed by atoms with E-state index in [0.29, 0.717) is 0 Å². The monoisotopic (exact) mass is 164 g/mol. The Morgan fingerprint density at radius 2 is 2.50 bits per heavy atom. The van der Waals surface area contributed by atoms with Crippen LogP contribution >= 0.6 is 0 Å². The van der Waals surface area contributed by atoms with Crippen LogP contribution in [0.15, 0.2) is 6.20 Å². The normalized spacial score (nSPS) is 22.3. The van der Waals surface area contributed by atoms with Crippen LogP contribution in [0.4, 0.5) is 0 Å². The van der Waals surface area contributed by atoms with Crippen LogP contribution in [0.5, 0.6) is 0 Å². The van der Waals surface area contributed by atoms with E-state index in [2.05, 4.69) is 23.4 Å². The second kappa shape index (κ2) is 2.92. The zero-order valence-electron chi connectivity index (χ0n) is 7.88. The van der Waals surface area contributed by atoms with E-state index in [9.17, 15) is 0 Å². The van der Waals surface area contributed by atoms with Gasteiger partial charge < -0.3 is 4.57 Å². The van der Waals surface area contributed by atoms with E-state index in [1.165, 1.54) is 30.9 Å². The summed E-state index contributed by atoms with van der Waals surface area (Å²) in [5.74, 6) is 2.13. The zero-order chi connectivity index (χ0) is 8.55. The van der Waals surface area contributed by atoms with E-state index in [1.54, 1.807) is 0 Å². The summed E-state index contributed by atoms with van der Waals surface area (Å²) in [6.07, 6.45) is 5.62. The standard InChI is InChI=1S/C10H16N2/c1-3-9-6-11-10-5-4-8(2)7-12(9)10/h6,8H,3-5,7H2,1-2H3. The SMILES string of the molecule is CCc1cnc2n1CC(C)CC2. The van der Waals surface area contributed by atoms with Crippen molar-refractivity contribution in [2.75, 3.05) is 0 Å². The van der Waals surface area contributed by atoms with Crippen LogP contribution in [-0.2, 0) is 19.4 Å². The summed E-state index contributed by atoms with van der Waals surface area (Å²) < 4.78 is 2.40. The Labute approximate surface area is 73.6 Å². The third kappa shape index (κ3) is 1.15. The summed E-state index contributed by atoms with van der Waals surface area (Å²) in [5, 5.41) is 0. The highest BCUT2D eigenvalue weighted by atomic mass is 15.1. The second-order valence-electron chi connectivity index (χ2n) is 3.77. The van der Waals surface area contributed by atoms with Crippen LogP contribution < -0.4 is 0 Å². The van der Waals surface area contributed by atoms with Gasteiger partial charge >= 0.3 is 0 Å². The number of rotatable bonds is 1. The predicted octanol–water partition coefficient (Wildman–Crippen LogP) is 2.03. The second-order valence-corrected chi connectivity index (χ2v) is 3.77. The lowest BCUT2D eigenvalue weighted by Gasteiger charge is -2.21. The molecule has 0 aromatic carbocycles. The van der Waals surface area contributed by atoms with Crippen LogP contribution in [0.25, 0.3) is 0 Å². The minimum atomic E-state index is 0.831. The fraction of sp³-hybridized carbons (Fsp3) is 0.700. The summed E-state index contributed by atoms with van der Waals surface area (Å²) in [6.45, 7) is 5.70. The highest BCUT2D eigenvalue weighted by molar-refractivity contribution is 5.07. The molecule has 2 heteroatoms. The highest BCUT2D eigenvalue weighted by Gasteiger charge is 2.17. The lowest BCUT2D eigenvalue weighted by molar-refractivity contribution is 0.387. The summed E-state index contributed by atoms with van der Waals surface area (Å²) in [6, 6.07) is 0. The largest absolute Gasteiger partial charge is 0.332 e. The van der Waals surface area contributed by atoms with Gasteiger partial charge in [0.1, 0.15) is 5.82 Å². The molecular weight excluding hydrogens is 148 g/mol. The third-order valence-electron chi connectivity index (χ3n) is 2.74. The van der Waals surface area contributed by atoms with E-state index in [-0.39, 0.29) is 0 Å². The minimum Gasteiger partial charge on any atom is -0.332 e. The van der Waals surface area contributed by atoms with Crippen LogP contribution in [0.3, 0.4) is 0 Å². The number of nitrogens with zero attached hydrogens (tertiary/aromatic N) is 2. The van der Waals surface area contributed by atoms with Crippen LogP contribution in [0.2, 0.25) is 0 Å². The number of aryl methyl sites for hydroxylation is 2. The molecule has 66 valence electrons. The molecule has 0 amide bonds. The molecule has 1 aliphatic heterocycles. The average Bonchev–Trinajstić information content (AvgIpc) is 2.46. The third-order valence-corrected chi connectivity index (χ3v) is 2.74. The highest BCUT2D eigenvalue weighted by Crippen LogP contribution is 2.20. The van der Waals surface area contributed by atoms with Crippen molar-refractivity contribution in [1.82, 2.24) is 9.55 Å². The molecule has 0 saturated heterocycles. The summed E-state index contributed by atoms with van der Waals surface area (Å²) in [4.78, 5) is 4.42. The molecule has 0 N–H and O–H groups in total. The Hall–Kier alpha value is -0.790. The molecule has 12 heavy (non-hydrogen) atoms. The van der Waals surface area contributed by atoms with Crippen molar-refractivity contribution >= 4 is 0 Å². The van der Waals surface area contributed by atoms with Gasteiger partial charge in [0.05, 0.1) is 0 Å². The average molecular weight is 164 g/mol. The first-order valence-electron chi connectivity index (χ1n) is 4.84. The molecule has 0 bridgehead atoms. The Bertz CT molecular complexity index is 262. The molecule has 1 aromatic rings. The maximum Gasteiger partial charge on any atom is 0.108 e. The van der Waals surface area contributed by atoms with Gasteiger partial charge in [0, 0.05) is 24.9 Å². The van der Waals surface area contributed by atoms with Crippen molar-refractivity contribution < 1.29 is 0 Å². The molecule has 0 saturated carbocycles. The number of hydrogen-bond donors (Lipinski definition) is 0. The van der Waals surface area contributed by atoms with Gasteiger partial charge in [-0.3, -0.25) is 0 Å². The van der Waals surface area contributed by atoms with Crippen molar-refractivity contribution in [3.8, 4) is 0 Å². The molecule has 0 spiro atoms. The van der Waals surface area contributed by atoms with Gasteiger partial charge in [-0.05, 0) is 18.8 Å². The molecular formula is C10H16N2. The maximum absolute atomic E-state index is 4.42. The van der Waals surface area contributed by atoms with Gasteiger partial charge in [-0.15, -0.1) is 0 Å². The predicted molar refractivity (Wildman–Crippen MR) is 49.1 cm³/mol. The molecule has 0 radical (unpaired) electrons. The Morgan fingerprint density at radius 1 is 1.67 bits per heavy atom. The Balaban J connectivity index is 2.34. The molecule has 1 aliphatic rings. The molecule has 2 heterocycles. The van der Waals surface area contributed by atoms with Gasteiger partial charge in [-0.2, -0.15) is 0 Å². The van der Waals surface area contributed by atoms with Gasteiger partial charge in [-0.25, -0.2) is 4.98 Å². The van der Waals surface area contributed by atoms with E-state index in [4.69, 9.17) is 0 Å². The first kappa shape index (κ1) is 7.84. The van der Waals surface area contributed by atoms with E-state index in [1.807, 2.05) is 6.20 Å². The van der Waals surface area contributed by atoms with Crippen LogP contribution in [-0.4, -0.2) is 9.55 Å². The Kier molecular flexibility index (Phi) is 1.91. The van der Waals surface area contributed by atoms with Crippen molar-refractivity contribution in [3.05, 3.63) is 17.7 Å². The molecule has 0 fully saturated rings. The van der Waals surface area contributed by atoms with Gasteiger partial charge in [0.2, 0.25) is 0 Å². The molecule has 2 nitrogen and oxygen atoms in total. The van der Waals surface area contributed by atoms with Crippen LogP contribution in [0.1, 0.15) is 31.8 Å². The molecule has 1 unspecified atom stereocenters. The van der Waals surface area contributed by atoms with E-state index in [0.717, 1.165) is 12.3 Å². The van der Waals surface area contributed by atoms with Gasteiger partial charge in [-0.1, -0.05) is 13.8 Å². The van der Waals surface area contributed by atoms with Crippen molar-refractivity contribution in [3.63, 3.8) is 0 Å². The van der Waals surface area contributed by atoms with Gasteiger partial charge in [0.25, 0.3) is 0 Å². The number of aromatic nitrogens is 2. The first-order chi connectivity index (χ1) is 5.81. The summed E-state index contributed by atoms with van der Waals surface area (Å²) >= 11 is 0. The maximum atomic E-state index is 4.42. The first-order valence-corrected chi connectivity index (χ1v) is 4.84. The zero-order valence-corrected chi connectivity index (χ0v) is 7.88. The summed E-state index contributed by atoms with van der Waals surface area (Å²) in [7, 11) is 0. The van der Waals surface area contributed by atoms with Crippen molar-refractivity contribution in [1.29, 1.82) is 0 Å². The lowest BCUT2D eigenvalue weighted by atomic mass is 10.0. The Morgan fingerprint density at radius 3 is 3.25 bits per heavy atom. The lowest BCUT2D eigenvalue weighted by Crippen LogP contribution is -2.19. The van der Waals surface area contributed by atoms with Gasteiger partial charge in [0.15, 0.2) is 0 Å². The minimum absolute atomic E-state index is 0.831.